The molecular formula is C11H22F6N2O7S2Si. The molecule has 0 unspecified atom stereocenters. The lowest BCUT2D eigenvalue weighted by Gasteiger charge is -2.35. The molecule has 176 valence electrons. The molecule has 18 heteroatoms. The first kappa shape index (κ1) is 28.5. The summed E-state index contributed by atoms with van der Waals surface area (Å²) in [5.41, 5.74) is -12.4. The summed E-state index contributed by atoms with van der Waals surface area (Å²) >= 11 is 0. The molecule has 29 heavy (non-hydrogen) atoms. The summed E-state index contributed by atoms with van der Waals surface area (Å²) < 4.78 is 127. The van der Waals surface area contributed by atoms with Gasteiger partial charge in [-0.1, -0.05) is 0 Å². The molecule has 0 N–H and O–H groups in total. The van der Waals surface area contributed by atoms with E-state index in [1.54, 1.807) is 21.3 Å². The summed E-state index contributed by atoms with van der Waals surface area (Å²) in [7, 11) is -8.52. The van der Waals surface area contributed by atoms with Crippen LogP contribution in [0.5, 0.6) is 0 Å². The molecule has 9 nitrogen and oxygen atoms in total. The van der Waals surface area contributed by atoms with Gasteiger partial charge in [-0.25, -0.2) is 16.8 Å². The van der Waals surface area contributed by atoms with E-state index < -0.39 is 39.9 Å². The number of hydrogen-bond acceptors (Lipinski definition) is 7. The Labute approximate surface area is 166 Å². The van der Waals surface area contributed by atoms with Gasteiger partial charge in [0.1, 0.15) is 6.17 Å². The lowest BCUT2D eigenvalue weighted by molar-refractivity contribution is -0.890. The largest absolute Gasteiger partial charge is 0.558 e. The minimum Gasteiger partial charge on any atom is -0.421 e. The van der Waals surface area contributed by atoms with Crippen molar-refractivity contribution < 1.29 is 60.9 Å². The van der Waals surface area contributed by atoms with Gasteiger partial charge < -0.3 is 21.9 Å². The average molecular weight is 501 g/mol. The molecule has 0 aromatic carbocycles. The third-order valence-corrected chi connectivity index (χ3v) is 9.69. The first-order valence-corrected chi connectivity index (χ1v) is 12.5. The van der Waals surface area contributed by atoms with Gasteiger partial charge >= 0.3 is 19.8 Å². The molecule has 1 fully saturated rings. The fourth-order valence-electron chi connectivity index (χ4n) is 2.38. The first-order valence-electron chi connectivity index (χ1n) is 7.66. The minimum atomic E-state index is -6.72. The van der Waals surface area contributed by atoms with E-state index in [4.69, 9.17) is 13.3 Å². The molecule has 0 aliphatic carbocycles. The third kappa shape index (κ3) is 7.92. The molecule has 0 spiro atoms. The number of halogens is 6. The van der Waals surface area contributed by atoms with E-state index in [2.05, 4.69) is 7.05 Å². The maximum absolute atomic E-state index is 11.4. The van der Waals surface area contributed by atoms with Crippen LogP contribution in [0.25, 0.3) is 4.13 Å². The van der Waals surface area contributed by atoms with Crippen molar-refractivity contribution >= 4 is 28.9 Å². The highest BCUT2D eigenvalue weighted by Gasteiger charge is 2.48. The van der Waals surface area contributed by atoms with Gasteiger partial charge in [-0.3, -0.25) is 0 Å². The topological polar surface area (TPSA) is 110 Å². The number of likely N-dealkylation sites (tertiary alicyclic amines) is 1. The zero-order valence-corrected chi connectivity index (χ0v) is 18.5. The number of nitrogens with zero attached hydrogens (tertiary/aromatic N) is 2. The number of quaternary nitrogens is 1. The molecule has 0 bridgehead atoms. The van der Waals surface area contributed by atoms with Crippen LogP contribution in [0.1, 0.15) is 12.8 Å². The Morgan fingerprint density at radius 2 is 1.14 bits per heavy atom. The Morgan fingerprint density at radius 3 is 1.38 bits per heavy atom. The lowest BCUT2D eigenvalue weighted by atomic mass is 10.4. The van der Waals surface area contributed by atoms with Crippen molar-refractivity contribution in [2.45, 2.75) is 23.9 Å². The maximum atomic E-state index is 11.4. The third-order valence-electron chi connectivity index (χ3n) is 3.94. The van der Waals surface area contributed by atoms with Crippen LogP contribution in [0.3, 0.4) is 0 Å². The van der Waals surface area contributed by atoms with Crippen molar-refractivity contribution in [3.63, 3.8) is 0 Å². The summed E-state index contributed by atoms with van der Waals surface area (Å²) in [6.07, 6.45) is 3.49. The fourth-order valence-corrected chi connectivity index (χ4v) is 6.23. The Balaban J connectivity index is 0.000000541. The van der Waals surface area contributed by atoms with E-state index in [0.29, 0.717) is 0 Å². The number of alkyl halides is 6. The van der Waals surface area contributed by atoms with Crippen LogP contribution in [0.15, 0.2) is 0 Å². The van der Waals surface area contributed by atoms with Gasteiger partial charge in [0.25, 0.3) is 0 Å². The molecule has 1 saturated heterocycles. The van der Waals surface area contributed by atoms with Gasteiger partial charge in [0.05, 0.1) is 20.1 Å². The van der Waals surface area contributed by atoms with Crippen LogP contribution in [-0.2, 0) is 33.3 Å². The van der Waals surface area contributed by atoms with Crippen LogP contribution in [0, 0.1) is 0 Å². The monoisotopic (exact) mass is 500 g/mol. The number of sulfonamides is 2. The smallest absolute Gasteiger partial charge is 0.421 e. The van der Waals surface area contributed by atoms with E-state index in [0.717, 1.165) is 14.8 Å². The number of hydrogen-bond donors (Lipinski definition) is 0. The average Bonchev–Trinajstić information content (AvgIpc) is 2.97. The van der Waals surface area contributed by atoms with E-state index in [1.807, 2.05) is 0 Å². The Kier molecular flexibility index (Phi) is 9.58. The van der Waals surface area contributed by atoms with Crippen molar-refractivity contribution in [2.75, 3.05) is 47.6 Å². The highest BCUT2D eigenvalue weighted by Crippen LogP contribution is 2.36. The molecular weight excluding hydrogens is 478 g/mol. The highest BCUT2D eigenvalue weighted by atomic mass is 32.3. The maximum Gasteiger partial charge on any atom is 0.558 e. The van der Waals surface area contributed by atoms with E-state index in [1.165, 1.54) is 25.9 Å². The van der Waals surface area contributed by atoms with Gasteiger partial charge in [-0.2, -0.15) is 26.3 Å². The zero-order valence-electron chi connectivity index (χ0n) is 15.9. The quantitative estimate of drug-likeness (QED) is 0.297. The van der Waals surface area contributed by atoms with Crippen LogP contribution >= 0.6 is 0 Å². The SMILES string of the molecule is CO[Si](C[N+]1(C)CCCC1)(OC)OC.O=S(=O)([N-]S(=O)(=O)C(F)(F)F)C(F)(F)F. The van der Waals surface area contributed by atoms with E-state index in [9.17, 15) is 43.2 Å². The van der Waals surface area contributed by atoms with Crippen molar-refractivity contribution in [3.05, 3.63) is 4.13 Å². The van der Waals surface area contributed by atoms with Crippen molar-refractivity contribution in [3.8, 4) is 0 Å². The van der Waals surface area contributed by atoms with Gasteiger partial charge in [0.2, 0.25) is 0 Å². The molecule has 1 rings (SSSR count). The predicted octanol–water partition coefficient (Wildman–Crippen LogP) is 1.70. The summed E-state index contributed by atoms with van der Waals surface area (Å²) in [5.74, 6) is 0. The Hall–Kier alpha value is -0.503. The highest BCUT2D eigenvalue weighted by molar-refractivity contribution is 8.13. The minimum absolute atomic E-state index is 0.778. The van der Waals surface area contributed by atoms with Gasteiger partial charge in [0, 0.05) is 34.2 Å². The molecule has 0 radical (unpaired) electrons. The second-order valence-corrected chi connectivity index (χ2v) is 12.5. The summed E-state index contributed by atoms with van der Waals surface area (Å²) in [6.45, 7) is 2.43. The van der Waals surface area contributed by atoms with E-state index >= 15 is 0 Å². The van der Waals surface area contributed by atoms with Gasteiger partial charge in [-0.15, -0.1) is 0 Å². The Morgan fingerprint density at radius 1 is 0.828 bits per heavy atom. The molecule has 0 atom stereocenters. The summed E-state index contributed by atoms with van der Waals surface area (Å²) in [5, 5.41) is 0. The molecule has 1 aliphatic heterocycles. The predicted molar refractivity (Wildman–Crippen MR) is 90.1 cm³/mol. The van der Waals surface area contributed by atoms with Crippen LogP contribution in [0.4, 0.5) is 26.3 Å². The summed E-state index contributed by atoms with van der Waals surface area (Å²) in [6, 6.07) is 0. The number of rotatable bonds is 7. The molecule has 0 amide bonds. The summed E-state index contributed by atoms with van der Waals surface area (Å²) in [4.78, 5) is 0. The molecule has 0 aromatic rings. The van der Waals surface area contributed by atoms with Crippen molar-refractivity contribution in [1.29, 1.82) is 0 Å². The standard InChI is InChI=1S/C9H22NO3Si.C2F6NO4S2/c1-10(7-5-6-8-10)9-14(11-2,12-3)13-4;3-1(4,5)14(10,11)9-15(12,13)2(6,7)8/h5-9H2,1-4H3;/q+1;-1. The lowest BCUT2D eigenvalue weighted by Crippen LogP contribution is -2.59. The molecule has 0 aromatic heterocycles. The van der Waals surface area contributed by atoms with Gasteiger partial charge in [0.15, 0.2) is 20.0 Å². The van der Waals surface area contributed by atoms with E-state index in [-0.39, 0.29) is 0 Å². The van der Waals surface area contributed by atoms with Crippen LogP contribution < -0.4 is 0 Å². The first-order chi connectivity index (χ1) is 12.8. The molecule has 1 aliphatic rings. The second kappa shape index (κ2) is 9.75. The molecule has 1 heterocycles. The second-order valence-electron chi connectivity index (χ2n) is 6.14. The normalized spacial score (nSPS) is 18.3. The Bertz CT molecular complexity index is 682. The fraction of sp³-hybridized carbons (Fsp3) is 1.00. The molecule has 0 saturated carbocycles. The zero-order chi connectivity index (χ0) is 23.4. The van der Waals surface area contributed by atoms with Crippen molar-refractivity contribution in [2.24, 2.45) is 0 Å². The van der Waals surface area contributed by atoms with Crippen molar-refractivity contribution in [1.82, 2.24) is 0 Å². The van der Waals surface area contributed by atoms with Gasteiger partial charge in [-0.05, 0) is 0 Å². The van der Waals surface area contributed by atoms with Crippen LogP contribution in [-0.4, -0.2) is 88.8 Å². The van der Waals surface area contributed by atoms with Crippen LogP contribution in [0.2, 0.25) is 0 Å².